The number of carboxylic acids is 1. The molecule has 0 saturated heterocycles. The molecule has 4 heteroatoms. The van der Waals surface area contributed by atoms with Crippen LogP contribution in [0.2, 0.25) is 0 Å². The Hall–Kier alpha value is -1.06. The fourth-order valence-corrected chi connectivity index (χ4v) is 4.60. The normalized spacial score (nSPS) is 12.1. The molecule has 0 aromatic heterocycles. The third kappa shape index (κ3) is 25.6. The summed E-state index contributed by atoms with van der Waals surface area (Å²) in [7, 11) is 0. The van der Waals surface area contributed by atoms with Crippen LogP contribution in [0.3, 0.4) is 0 Å². The second-order valence-electron chi connectivity index (χ2n) is 10.3. The van der Waals surface area contributed by atoms with E-state index in [9.17, 15) is 9.59 Å². The van der Waals surface area contributed by atoms with Crippen molar-refractivity contribution in [3.05, 3.63) is 0 Å². The Morgan fingerprint density at radius 2 is 0.912 bits per heavy atom. The third-order valence-electron chi connectivity index (χ3n) is 6.83. The highest BCUT2D eigenvalue weighted by molar-refractivity contribution is 5.69. The summed E-state index contributed by atoms with van der Waals surface area (Å²) in [4.78, 5) is 23.2. The summed E-state index contributed by atoms with van der Waals surface area (Å²) in [6, 6.07) is 0. The zero-order chi connectivity index (χ0) is 25.1. The van der Waals surface area contributed by atoms with Gasteiger partial charge in [0.05, 0.1) is 0 Å². The van der Waals surface area contributed by atoms with Crippen LogP contribution in [0.15, 0.2) is 0 Å². The van der Waals surface area contributed by atoms with Crippen molar-refractivity contribution in [2.24, 2.45) is 0 Å². The third-order valence-corrected chi connectivity index (χ3v) is 6.83. The molecule has 0 aromatic rings. The van der Waals surface area contributed by atoms with E-state index in [0.717, 1.165) is 25.7 Å². The van der Waals surface area contributed by atoms with Crippen molar-refractivity contribution in [2.45, 2.75) is 180 Å². The van der Waals surface area contributed by atoms with E-state index >= 15 is 0 Å². The van der Waals surface area contributed by atoms with Gasteiger partial charge in [-0.3, -0.25) is 9.59 Å². The second kappa shape index (κ2) is 26.5. The fraction of sp³-hybridized carbons (Fsp3) is 0.933. The predicted molar refractivity (Wildman–Crippen MR) is 144 cm³/mol. The lowest BCUT2D eigenvalue weighted by Gasteiger charge is -2.18. The molecule has 0 fully saturated rings. The SMILES string of the molecule is CCCCCCCCCCCCCCCC(=O)OC(CCCCCCCCC)CCCC(=O)O. The lowest BCUT2D eigenvalue weighted by Crippen LogP contribution is -2.18. The van der Waals surface area contributed by atoms with Gasteiger partial charge in [-0.15, -0.1) is 0 Å². The van der Waals surface area contributed by atoms with E-state index in [1.165, 1.54) is 109 Å². The van der Waals surface area contributed by atoms with Crippen LogP contribution in [0.25, 0.3) is 0 Å². The van der Waals surface area contributed by atoms with Gasteiger partial charge in [0.15, 0.2) is 0 Å². The molecule has 34 heavy (non-hydrogen) atoms. The van der Waals surface area contributed by atoms with Gasteiger partial charge in [0.1, 0.15) is 6.10 Å². The molecule has 4 nitrogen and oxygen atoms in total. The van der Waals surface area contributed by atoms with Gasteiger partial charge in [0.25, 0.3) is 0 Å². The van der Waals surface area contributed by atoms with Crippen molar-refractivity contribution in [1.82, 2.24) is 0 Å². The van der Waals surface area contributed by atoms with Gasteiger partial charge in [-0.1, -0.05) is 129 Å². The van der Waals surface area contributed by atoms with Gasteiger partial charge in [-0.05, 0) is 32.1 Å². The van der Waals surface area contributed by atoms with Crippen molar-refractivity contribution in [2.75, 3.05) is 0 Å². The molecule has 0 rings (SSSR count). The summed E-state index contributed by atoms with van der Waals surface area (Å²) >= 11 is 0. The average Bonchev–Trinajstić information content (AvgIpc) is 2.81. The number of aliphatic carboxylic acids is 1. The van der Waals surface area contributed by atoms with Crippen LogP contribution < -0.4 is 0 Å². The van der Waals surface area contributed by atoms with Gasteiger partial charge in [-0.25, -0.2) is 0 Å². The Labute approximate surface area is 212 Å². The molecular formula is C30H58O4. The summed E-state index contributed by atoms with van der Waals surface area (Å²) in [6.45, 7) is 4.50. The molecule has 1 atom stereocenters. The first kappa shape index (κ1) is 32.9. The van der Waals surface area contributed by atoms with Crippen LogP contribution in [-0.4, -0.2) is 23.1 Å². The standard InChI is InChI=1S/C30H58O4/c1-3-5-7-9-11-12-13-14-15-16-18-20-22-27-30(33)34-28(25-23-26-29(31)32)24-21-19-17-10-8-6-4-2/h28H,3-27H2,1-2H3,(H,31,32). The van der Waals surface area contributed by atoms with E-state index in [1.807, 2.05) is 0 Å². The molecular weight excluding hydrogens is 424 g/mol. The second-order valence-corrected chi connectivity index (χ2v) is 10.3. The number of ether oxygens (including phenoxy) is 1. The molecule has 0 aliphatic rings. The maximum absolute atomic E-state index is 12.3. The van der Waals surface area contributed by atoms with Gasteiger partial charge < -0.3 is 9.84 Å². The maximum Gasteiger partial charge on any atom is 0.306 e. The Morgan fingerprint density at radius 1 is 0.529 bits per heavy atom. The first-order chi connectivity index (χ1) is 16.6. The van der Waals surface area contributed by atoms with Gasteiger partial charge >= 0.3 is 11.9 Å². The molecule has 0 aromatic carbocycles. The average molecular weight is 483 g/mol. The number of carboxylic acid groups (broad SMARTS) is 1. The van der Waals surface area contributed by atoms with E-state index < -0.39 is 5.97 Å². The smallest absolute Gasteiger partial charge is 0.306 e. The number of hydrogen-bond donors (Lipinski definition) is 1. The molecule has 0 bridgehead atoms. The quantitative estimate of drug-likeness (QED) is 0.0934. The van der Waals surface area contributed by atoms with E-state index in [0.29, 0.717) is 19.3 Å². The molecule has 1 N–H and O–H groups in total. The number of hydrogen-bond acceptors (Lipinski definition) is 3. The van der Waals surface area contributed by atoms with Crippen molar-refractivity contribution in [3.8, 4) is 0 Å². The first-order valence-electron chi connectivity index (χ1n) is 15.0. The van der Waals surface area contributed by atoms with Crippen molar-refractivity contribution in [3.63, 3.8) is 0 Å². The Bertz CT molecular complexity index is 449. The summed E-state index contributed by atoms with van der Waals surface area (Å²) < 4.78 is 5.75. The molecule has 0 saturated carbocycles. The minimum Gasteiger partial charge on any atom is -0.481 e. The number of carbonyl (C=O) groups is 2. The zero-order valence-corrected chi connectivity index (χ0v) is 22.9. The number of carbonyl (C=O) groups excluding carboxylic acids is 1. The summed E-state index contributed by atoms with van der Waals surface area (Å²) in [5.74, 6) is -0.862. The van der Waals surface area contributed by atoms with E-state index in [1.54, 1.807) is 0 Å². The van der Waals surface area contributed by atoms with Gasteiger partial charge in [0.2, 0.25) is 0 Å². The Kier molecular flexibility index (Phi) is 25.7. The molecule has 1 unspecified atom stereocenters. The summed E-state index contributed by atoms with van der Waals surface area (Å²) in [5, 5.41) is 8.90. The van der Waals surface area contributed by atoms with Crippen molar-refractivity contribution in [1.29, 1.82) is 0 Å². The van der Waals surface area contributed by atoms with Crippen LogP contribution in [-0.2, 0) is 14.3 Å². The summed E-state index contributed by atoms with van der Waals surface area (Å²) in [5.41, 5.74) is 0. The Morgan fingerprint density at radius 3 is 1.35 bits per heavy atom. The molecule has 0 spiro atoms. The van der Waals surface area contributed by atoms with E-state index in [4.69, 9.17) is 9.84 Å². The number of esters is 1. The molecule has 0 radical (unpaired) electrons. The zero-order valence-electron chi connectivity index (χ0n) is 22.9. The largest absolute Gasteiger partial charge is 0.481 e. The number of unbranched alkanes of at least 4 members (excludes halogenated alkanes) is 18. The van der Waals surface area contributed by atoms with Crippen LogP contribution in [0.1, 0.15) is 174 Å². The predicted octanol–water partition coefficient (Wildman–Crippen LogP) is 9.78. The first-order valence-corrected chi connectivity index (χ1v) is 15.0. The molecule has 202 valence electrons. The number of rotatable bonds is 27. The monoisotopic (exact) mass is 482 g/mol. The van der Waals surface area contributed by atoms with Crippen molar-refractivity contribution >= 4 is 11.9 Å². The van der Waals surface area contributed by atoms with Crippen LogP contribution in [0, 0.1) is 0 Å². The highest BCUT2D eigenvalue weighted by Crippen LogP contribution is 2.17. The molecule has 0 heterocycles. The molecule has 0 aliphatic carbocycles. The van der Waals surface area contributed by atoms with Crippen LogP contribution in [0.5, 0.6) is 0 Å². The van der Waals surface area contributed by atoms with Crippen LogP contribution >= 0.6 is 0 Å². The lowest BCUT2D eigenvalue weighted by molar-refractivity contribution is -0.150. The lowest BCUT2D eigenvalue weighted by atomic mass is 10.0. The molecule has 0 aliphatic heterocycles. The van der Waals surface area contributed by atoms with E-state index in [-0.39, 0.29) is 18.5 Å². The highest BCUT2D eigenvalue weighted by Gasteiger charge is 2.15. The maximum atomic E-state index is 12.3. The summed E-state index contributed by atoms with van der Waals surface area (Å²) in [6.07, 6.45) is 28.2. The topological polar surface area (TPSA) is 63.6 Å². The Balaban J connectivity index is 3.79. The molecule has 0 amide bonds. The minimum atomic E-state index is -0.770. The van der Waals surface area contributed by atoms with Gasteiger partial charge in [0, 0.05) is 12.8 Å². The highest BCUT2D eigenvalue weighted by atomic mass is 16.5. The van der Waals surface area contributed by atoms with Crippen molar-refractivity contribution < 1.29 is 19.4 Å². The minimum absolute atomic E-state index is 0.0913. The van der Waals surface area contributed by atoms with Gasteiger partial charge in [-0.2, -0.15) is 0 Å². The van der Waals surface area contributed by atoms with E-state index in [2.05, 4.69) is 13.8 Å². The fourth-order valence-electron chi connectivity index (χ4n) is 4.60. The van der Waals surface area contributed by atoms with Crippen LogP contribution in [0.4, 0.5) is 0 Å².